The summed E-state index contributed by atoms with van der Waals surface area (Å²) >= 11 is 0. The summed E-state index contributed by atoms with van der Waals surface area (Å²) in [6.45, 7) is 7.29. The Balaban J connectivity index is 2.40. The summed E-state index contributed by atoms with van der Waals surface area (Å²) in [5, 5.41) is 2.92. The largest absolute Gasteiger partial charge is 0.379 e. The maximum absolute atomic E-state index is 11.6. The number of hydrogen-bond donors (Lipinski definition) is 2. The Morgan fingerprint density at radius 1 is 1.50 bits per heavy atom. The highest BCUT2D eigenvalue weighted by Crippen LogP contribution is 2.12. The molecule has 0 saturated carbocycles. The van der Waals surface area contributed by atoms with Gasteiger partial charge in [0.25, 0.3) is 0 Å². The third-order valence-corrected chi connectivity index (χ3v) is 2.71. The van der Waals surface area contributed by atoms with Crippen molar-refractivity contribution in [2.24, 2.45) is 17.6 Å². The molecule has 0 aromatic rings. The molecule has 0 aliphatic carbocycles. The minimum Gasteiger partial charge on any atom is -0.379 e. The molecule has 3 unspecified atom stereocenters. The quantitative estimate of drug-likeness (QED) is 0.680. The van der Waals surface area contributed by atoms with Gasteiger partial charge in [-0.15, -0.1) is 0 Å². The molecule has 1 heterocycles. The van der Waals surface area contributed by atoms with Crippen LogP contribution >= 0.6 is 0 Å². The molecule has 4 heteroatoms. The molecule has 3 atom stereocenters. The van der Waals surface area contributed by atoms with Crippen LogP contribution in [0, 0.1) is 11.8 Å². The number of rotatable bonds is 3. The summed E-state index contributed by atoms with van der Waals surface area (Å²) in [6, 6.07) is -0.282. The molecule has 1 saturated heterocycles. The number of amides is 1. The minimum atomic E-state index is -0.414. The van der Waals surface area contributed by atoms with E-state index in [4.69, 9.17) is 10.5 Å². The average molecular weight is 200 g/mol. The van der Waals surface area contributed by atoms with Crippen molar-refractivity contribution in [1.82, 2.24) is 5.32 Å². The first-order valence-corrected chi connectivity index (χ1v) is 5.16. The van der Waals surface area contributed by atoms with Crippen LogP contribution < -0.4 is 11.1 Å². The second-order valence-corrected chi connectivity index (χ2v) is 4.40. The van der Waals surface area contributed by atoms with Gasteiger partial charge in [0.2, 0.25) is 5.91 Å². The molecule has 0 aromatic carbocycles. The average Bonchev–Trinajstić information content (AvgIpc) is 2.50. The van der Waals surface area contributed by atoms with Crippen molar-refractivity contribution in [1.29, 1.82) is 0 Å². The fourth-order valence-corrected chi connectivity index (χ4v) is 1.43. The Kier molecular flexibility index (Phi) is 3.89. The highest BCUT2D eigenvalue weighted by molar-refractivity contribution is 5.82. The summed E-state index contributed by atoms with van der Waals surface area (Å²) in [5.41, 5.74) is 5.73. The van der Waals surface area contributed by atoms with E-state index in [1.807, 2.05) is 13.8 Å². The van der Waals surface area contributed by atoms with Gasteiger partial charge in [0, 0.05) is 5.92 Å². The predicted molar refractivity (Wildman–Crippen MR) is 54.7 cm³/mol. The van der Waals surface area contributed by atoms with Crippen molar-refractivity contribution >= 4 is 5.91 Å². The van der Waals surface area contributed by atoms with E-state index >= 15 is 0 Å². The fourth-order valence-electron chi connectivity index (χ4n) is 1.43. The molecule has 1 aliphatic rings. The summed E-state index contributed by atoms with van der Waals surface area (Å²) in [7, 11) is 0. The van der Waals surface area contributed by atoms with E-state index in [2.05, 4.69) is 12.2 Å². The topological polar surface area (TPSA) is 64.4 Å². The number of carbonyl (C=O) groups excluding carboxylic acids is 1. The van der Waals surface area contributed by atoms with Gasteiger partial charge in [-0.2, -0.15) is 0 Å². The molecule has 1 aliphatic heterocycles. The van der Waals surface area contributed by atoms with Gasteiger partial charge in [0.05, 0.1) is 25.3 Å². The Morgan fingerprint density at radius 3 is 2.57 bits per heavy atom. The van der Waals surface area contributed by atoms with Gasteiger partial charge >= 0.3 is 0 Å². The molecule has 3 N–H and O–H groups in total. The van der Waals surface area contributed by atoms with Gasteiger partial charge in [0.15, 0.2) is 0 Å². The molecule has 1 amide bonds. The monoisotopic (exact) mass is 200 g/mol. The zero-order valence-electron chi connectivity index (χ0n) is 9.12. The van der Waals surface area contributed by atoms with Gasteiger partial charge in [-0.05, 0) is 5.92 Å². The van der Waals surface area contributed by atoms with Crippen LogP contribution in [0.5, 0.6) is 0 Å². The minimum absolute atomic E-state index is 0.0673. The number of hydrogen-bond acceptors (Lipinski definition) is 3. The van der Waals surface area contributed by atoms with E-state index in [1.54, 1.807) is 0 Å². The Hall–Kier alpha value is -0.610. The Bertz CT molecular complexity index is 206. The van der Waals surface area contributed by atoms with Crippen molar-refractivity contribution in [2.75, 3.05) is 13.2 Å². The van der Waals surface area contributed by atoms with E-state index in [-0.39, 0.29) is 17.9 Å². The second-order valence-electron chi connectivity index (χ2n) is 4.40. The lowest BCUT2D eigenvalue weighted by Gasteiger charge is -2.20. The molecule has 4 nitrogen and oxygen atoms in total. The highest BCUT2D eigenvalue weighted by atomic mass is 16.5. The van der Waals surface area contributed by atoms with Crippen molar-refractivity contribution < 1.29 is 9.53 Å². The van der Waals surface area contributed by atoms with Gasteiger partial charge in [-0.3, -0.25) is 4.79 Å². The number of nitrogens with one attached hydrogen (secondary N) is 1. The van der Waals surface area contributed by atoms with Crippen LogP contribution in [0.2, 0.25) is 0 Å². The first-order chi connectivity index (χ1) is 6.52. The normalized spacial score (nSPS) is 29.2. The van der Waals surface area contributed by atoms with Gasteiger partial charge in [0.1, 0.15) is 0 Å². The van der Waals surface area contributed by atoms with Crippen LogP contribution in [0.3, 0.4) is 0 Å². The van der Waals surface area contributed by atoms with Crippen LogP contribution in [0.25, 0.3) is 0 Å². The first kappa shape index (κ1) is 11.5. The molecule has 14 heavy (non-hydrogen) atoms. The Morgan fingerprint density at radius 2 is 2.14 bits per heavy atom. The maximum atomic E-state index is 11.6. The molecule has 0 spiro atoms. The number of ether oxygens (including phenoxy) is 1. The summed E-state index contributed by atoms with van der Waals surface area (Å²) < 4.78 is 5.25. The molecule has 0 bridgehead atoms. The SMILES string of the molecule is CC(C)C(N)C(=O)NC1COCC1C. The van der Waals surface area contributed by atoms with E-state index in [1.165, 1.54) is 0 Å². The fraction of sp³-hybridized carbons (Fsp3) is 0.900. The van der Waals surface area contributed by atoms with Gasteiger partial charge < -0.3 is 15.8 Å². The predicted octanol–water partition coefficient (Wildman–Crippen LogP) is 0.121. The molecule has 1 fully saturated rings. The first-order valence-electron chi connectivity index (χ1n) is 5.16. The molecule has 1 rings (SSSR count). The third kappa shape index (κ3) is 2.69. The van der Waals surface area contributed by atoms with Crippen molar-refractivity contribution in [3.05, 3.63) is 0 Å². The number of carbonyl (C=O) groups is 1. The van der Waals surface area contributed by atoms with Crippen LogP contribution in [-0.2, 0) is 9.53 Å². The lowest BCUT2D eigenvalue weighted by molar-refractivity contribution is -0.124. The van der Waals surface area contributed by atoms with Crippen LogP contribution in [0.4, 0.5) is 0 Å². The summed E-state index contributed by atoms with van der Waals surface area (Å²) in [5.74, 6) is 0.494. The molecule has 82 valence electrons. The highest BCUT2D eigenvalue weighted by Gasteiger charge is 2.28. The van der Waals surface area contributed by atoms with E-state index < -0.39 is 6.04 Å². The van der Waals surface area contributed by atoms with Crippen LogP contribution in [-0.4, -0.2) is 31.2 Å². The standard InChI is InChI=1S/C10H20N2O2/c1-6(2)9(11)10(13)12-8-5-14-4-7(8)3/h6-9H,4-5,11H2,1-3H3,(H,12,13). The maximum Gasteiger partial charge on any atom is 0.237 e. The molecule has 0 radical (unpaired) electrons. The second kappa shape index (κ2) is 4.75. The van der Waals surface area contributed by atoms with Crippen molar-refractivity contribution in [2.45, 2.75) is 32.9 Å². The van der Waals surface area contributed by atoms with Crippen molar-refractivity contribution in [3.63, 3.8) is 0 Å². The number of nitrogens with two attached hydrogens (primary N) is 1. The molecule has 0 aromatic heterocycles. The third-order valence-electron chi connectivity index (χ3n) is 2.71. The van der Waals surface area contributed by atoms with Gasteiger partial charge in [-0.1, -0.05) is 20.8 Å². The van der Waals surface area contributed by atoms with Crippen LogP contribution in [0.1, 0.15) is 20.8 Å². The van der Waals surface area contributed by atoms with Gasteiger partial charge in [-0.25, -0.2) is 0 Å². The molecular weight excluding hydrogens is 180 g/mol. The zero-order valence-corrected chi connectivity index (χ0v) is 9.12. The van der Waals surface area contributed by atoms with Crippen molar-refractivity contribution in [3.8, 4) is 0 Å². The Labute approximate surface area is 85.2 Å². The van der Waals surface area contributed by atoms with Crippen LogP contribution in [0.15, 0.2) is 0 Å². The smallest absolute Gasteiger partial charge is 0.237 e. The van der Waals surface area contributed by atoms with E-state index in [0.717, 1.165) is 6.61 Å². The lowest BCUT2D eigenvalue weighted by atomic mass is 10.0. The zero-order chi connectivity index (χ0) is 10.7. The van der Waals surface area contributed by atoms with E-state index in [0.29, 0.717) is 12.5 Å². The molecular formula is C10H20N2O2. The van der Waals surface area contributed by atoms with E-state index in [9.17, 15) is 4.79 Å². The lowest BCUT2D eigenvalue weighted by Crippen LogP contribution is -2.49. The summed E-state index contributed by atoms with van der Waals surface area (Å²) in [6.07, 6.45) is 0. The summed E-state index contributed by atoms with van der Waals surface area (Å²) in [4.78, 5) is 11.6.